The van der Waals surface area contributed by atoms with E-state index >= 15 is 0 Å². The van der Waals surface area contributed by atoms with Crippen molar-refractivity contribution in [1.82, 2.24) is 30.4 Å². The van der Waals surface area contributed by atoms with Crippen molar-refractivity contribution < 1.29 is 0 Å². The van der Waals surface area contributed by atoms with Gasteiger partial charge in [0.15, 0.2) is 11.8 Å². The largest absolute Gasteiger partial charge is 0.357 e. The maximum Gasteiger partial charge on any atom is 0.192 e. The maximum atomic E-state index is 4.53. The summed E-state index contributed by atoms with van der Waals surface area (Å²) in [5, 5.41) is 15.5. The zero-order valence-electron chi connectivity index (χ0n) is 12.6. The molecule has 2 aromatic heterocycles. The SMILES string of the molecule is CCNC(=NCc1nncn1CC)NCc1ncc(C)s1. The minimum Gasteiger partial charge on any atom is -0.357 e. The van der Waals surface area contributed by atoms with Crippen molar-refractivity contribution in [3.63, 3.8) is 0 Å². The summed E-state index contributed by atoms with van der Waals surface area (Å²) in [6, 6.07) is 0. The van der Waals surface area contributed by atoms with Crippen molar-refractivity contribution >= 4 is 17.3 Å². The summed E-state index contributed by atoms with van der Waals surface area (Å²) in [6.45, 7) is 8.98. The van der Waals surface area contributed by atoms with E-state index in [1.165, 1.54) is 4.88 Å². The molecule has 0 aliphatic heterocycles. The van der Waals surface area contributed by atoms with Gasteiger partial charge in [0.05, 0.1) is 6.54 Å². The third-order valence-corrected chi connectivity index (χ3v) is 3.75. The predicted octanol–water partition coefficient (Wildman–Crippen LogP) is 1.32. The molecule has 0 radical (unpaired) electrons. The molecule has 0 spiro atoms. The lowest BCUT2D eigenvalue weighted by atomic mass is 10.5. The van der Waals surface area contributed by atoms with Crippen LogP contribution in [0.2, 0.25) is 0 Å². The van der Waals surface area contributed by atoms with Crippen LogP contribution >= 0.6 is 11.3 Å². The van der Waals surface area contributed by atoms with Gasteiger partial charge >= 0.3 is 0 Å². The van der Waals surface area contributed by atoms with Gasteiger partial charge in [-0.25, -0.2) is 9.98 Å². The Morgan fingerprint density at radius 3 is 2.90 bits per heavy atom. The van der Waals surface area contributed by atoms with Crippen LogP contribution in [0.15, 0.2) is 17.5 Å². The monoisotopic (exact) mass is 307 g/mol. The van der Waals surface area contributed by atoms with E-state index < -0.39 is 0 Å². The third kappa shape index (κ3) is 4.52. The molecule has 7 nitrogen and oxygen atoms in total. The molecule has 0 aliphatic rings. The van der Waals surface area contributed by atoms with Crippen molar-refractivity contribution in [3.05, 3.63) is 28.2 Å². The molecule has 0 aliphatic carbocycles. The lowest BCUT2D eigenvalue weighted by molar-refractivity contribution is 0.694. The number of nitrogens with one attached hydrogen (secondary N) is 2. The van der Waals surface area contributed by atoms with Gasteiger partial charge in [-0.2, -0.15) is 0 Å². The number of aliphatic imine (C=N–C) groups is 1. The fourth-order valence-corrected chi connectivity index (χ4v) is 2.53. The minimum atomic E-state index is 0.500. The molecule has 0 aromatic carbocycles. The minimum absolute atomic E-state index is 0.500. The standard InChI is InChI=1S/C13H21N7S/c1-4-14-13(17-8-12-15-6-10(3)21-12)16-7-11-19-18-9-20(11)5-2/h6,9H,4-5,7-8H2,1-3H3,(H2,14,16,17). The molecule has 21 heavy (non-hydrogen) atoms. The highest BCUT2D eigenvalue weighted by Crippen LogP contribution is 2.10. The first kappa shape index (κ1) is 15.4. The summed E-state index contributed by atoms with van der Waals surface area (Å²) < 4.78 is 1.98. The van der Waals surface area contributed by atoms with Gasteiger partial charge < -0.3 is 15.2 Å². The molecule has 0 saturated heterocycles. The molecule has 0 unspecified atom stereocenters. The lowest BCUT2D eigenvalue weighted by Crippen LogP contribution is -2.36. The van der Waals surface area contributed by atoms with Gasteiger partial charge in [-0.05, 0) is 20.8 Å². The molecule has 0 fully saturated rings. The van der Waals surface area contributed by atoms with E-state index in [1.54, 1.807) is 17.7 Å². The molecule has 2 N–H and O–H groups in total. The van der Waals surface area contributed by atoms with Crippen LogP contribution in [0.5, 0.6) is 0 Å². The molecule has 0 saturated carbocycles. The van der Waals surface area contributed by atoms with E-state index in [1.807, 2.05) is 17.7 Å². The highest BCUT2D eigenvalue weighted by molar-refractivity contribution is 7.11. The molecule has 2 aromatic rings. The highest BCUT2D eigenvalue weighted by Gasteiger charge is 2.04. The second kappa shape index (κ2) is 7.72. The Morgan fingerprint density at radius 1 is 1.38 bits per heavy atom. The van der Waals surface area contributed by atoms with Crippen LogP contribution in [-0.2, 0) is 19.6 Å². The average molecular weight is 307 g/mol. The molecule has 0 bridgehead atoms. The smallest absolute Gasteiger partial charge is 0.192 e. The molecular weight excluding hydrogens is 286 g/mol. The van der Waals surface area contributed by atoms with Crippen LogP contribution in [0.25, 0.3) is 0 Å². The first-order valence-electron chi connectivity index (χ1n) is 7.03. The summed E-state index contributed by atoms with van der Waals surface area (Å²) in [7, 11) is 0. The van der Waals surface area contributed by atoms with Gasteiger partial charge in [0.2, 0.25) is 0 Å². The number of rotatable bonds is 6. The molecule has 0 amide bonds. The summed E-state index contributed by atoms with van der Waals surface area (Å²) in [6.07, 6.45) is 3.61. The second-order valence-corrected chi connectivity index (χ2v) is 5.77. The number of aromatic nitrogens is 4. The number of thiazole rings is 1. The zero-order chi connectivity index (χ0) is 15.1. The Bertz CT molecular complexity index is 587. The van der Waals surface area contributed by atoms with Gasteiger partial charge in [0.25, 0.3) is 0 Å². The Hall–Kier alpha value is -1.96. The van der Waals surface area contributed by atoms with Crippen LogP contribution in [0.3, 0.4) is 0 Å². The van der Waals surface area contributed by atoms with Crippen molar-refractivity contribution in [2.75, 3.05) is 6.54 Å². The number of guanidine groups is 1. The zero-order valence-corrected chi connectivity index (χ0v) is 13.4. The fourth-order valence-electron chi connectivity index (χ4n) is 1.80. The first-order valence-corrected chi connectivity index (χ1v) is 7.84. The maximum absolute atomic E-state index is 4.53. The van der Waals surface area contributed by atoms with E-state index in [9.17, 15) is 0 Å². The first-order chi connectivity index (χ1) is 10.2. The number of hydrogen-bond acceptors (Lipinski definition) is 5. The van der Waals surface area contributed by atoms with Crippen molar-refractivity contribution in [2.24, 2.45) is 4.99 Å². The van der Waals surface area contributed by atoms with Crippen LogP contribution < -0.4 is 10.6 Å². The molecule has 2 heterocycles. The molecule has 2 rings (SSSR count). The van der Waals surface area contributed by atoms with Crippen molar-refractivity contribution in [1.29, 1.82) is 0 Å². The summed E-state index contributed by atoms with van der Waals surface area (Å²) in [5.41, 5.74) is 0. The van der Waals surface area contributed by atoms with Gasteiger partial charge in [-0.3, -0.25) is 0 Å². The molecule has 114 valence electrons. The van der Waals surface area contributed by atoms with Gasteiger partial charge in [-0.15, -0.1) is 21.5 Å². The van der Waals surface area contributed by atoms with Crippen LogP contribution in [-0.4, -0.2) is 32.3 Å². The molecular formula is C13H21N7S. The fraction of sp³-hybridized carbons (Fsp3) is 0.538. The van der Waals surface area contributed by atoms with E-state index in [0.717, 1.165) is 29.9 Å². The Balaban J connectivity index is 1.95. The Kier molecular flexibility index (Phi) is 5.68. The van der Waals surface area contributed by atoms with Crippen LogP contribution in [0.1, 0.15) is 29.6 Å². The number of hydrogen-bond donors (Lipinski definition) is 2. The number of aryl methyl sites for hydroxylation is 2. The normalized spacial score (nSPS) is 11.7. The topological polar surface area (TPSA) is 80.0 Å². The summed E-state index contributed by atoms with van der Waals surface area (Å²) in [5.74, 6) is 1.62. The summed E-state index contributed by atoms with van der Waals surface area (Å²) >= 11 is 1.69. The molecule has 8 heteroatoms. The van der Waals surface area contributed by atoms with Crippen LogP contribution in [0.4, 0.5) is 0 Å². The Morgan fingerprint density at radius 2 is 2.24 bits per heavy atom. The van der Waals surface area contributed by atoms with Gasteiger partial charge in [0, 0.05) is 24.2 Å². The Labute approximate surface area is 128 Å². The summed E-state index contributed by atoms with van der Waals surface area (Å²) in [4.78, 5) is 10.1. The van der Waals surface area contributed by atoms with Crippen molar-refractivity contribution in [3.8, 4) is 0 Å². The van der Waals surface area contributed by atoms with E-state index in [0.29, 0.717) is 13.1 Å². The van der Waals surface area contributed by atoms with E-state index in [2.05, 4.69) is 44.7 Å². The van der Waals surface area contributed by atoms with E-state index in [-0.39, 0.29) is 0 Å². The average Bonchev–Trinajstić information content (AvgIpc) is 3.10. The quantitative estimate of drug-likeness (QED) is 0.621. The van der Waals surface area contributed by atoms with Gasteiger partial charge in [0.1, 0.15) is 17.9 Å². The van der Waals surface area contributed by atoms with Crippen LogP contribution in [0, 0.1) is 6.92 Å². The highest BCUT2D eigenvalue weighted by atomic mass is 32.1. The third-order valence-electron chi connectivity index (χ3n) is 2.84. The number of nitrogens with zero attached hydrogens (tertiary/aromatic N) is 5. The predicted molar refractivity (Wildman–Crippen MR) is 84.2 cm³/mol. The lowest BCUT2D eigenvalue weighted by Gasteiger charge is -2.10. The van der Waals surface area contributed by atoms with Crippen molar-refractivity contribution in [2.45, 2.75) is 40.4 Å². The van der Waals surface area contributed by atoms with Gasteiger partial charge in [-0.1, -0.05) is 0 Å². The van der Waals surface area contributed by atoms with E-state index in [4.69, 9.17) is 0 Å². The second-order valence-electron chi connectivity index (χ2n) is 4.45. The molecule has 0 atom stereocenters.